The number of carbonyl (C=O) groups is 3. The average Bonchev–Trinajstić information content (AvgIpc) is 2.94. The van der Waals surface area contributed by atoms with Crippen molar-refractivity contribution >= 4 is 40.4 Å². The molecule has 1 aromatic carbocycles. The molecule has 22 heavy (non-hydrogen) atoms. The van der Waals surface area contributed by atoms with Gasteiger partial charge in [-0.3, -0.25) is 9.59 Å². The van der Waals surface area contributed by atoms with Crippen molar-refractivity contribution in [1.82, 2.24) is 10.6 Å². The number of amides is 2. The van der Waals surface area contributed by atoms with E-state index in [0.717, 1.165) is 9.13 Å². The summed E-state index contributed by atoms with van der Waals surface area (Å²) in [6.07, 6.45) is 1.12. The van der Waals surface area contributed by atoms with E-state index in [0.29, 0.717) is 19.3 Å². The standard InChI is InChI=1S/C15H17IN2O4/c1-22-15(21)12(8-9-4-2-3-5-10(9)16)18-14(20)11-6-7-13(19)17-11/h2-5,11-12H,6-8H2,1H3,(H,17,19)(H,18,20)/t11-,12+/m0/s1. The summed E-state index contributed by atoms with van der Waals surface area (Å²) in [4.78, 5) is 35.3. The molecule has 0 aliphatic carbocycles. The zero-order valence-electron chi connectivity index (χ0n) is 12.1. The van der Waals surface area contributed by atoms with Crippen LogP contribution < -0.4 is 10.6 Å². The highest BCUT2D eigenvalue weighted by Crippen LogP contribution is 2.14. The molecule has 1 saturated heterocycles. The third-order valence-electron chi connectivity index (χ3n) is 3.50. The highest BCUT2D eigenvalue weighted by atomic mass is 127. The SMILES string of the molecule is COC(=O)[C@@H](Cc1ccccc1I)NC(=O)[C@@H]1CCC(=O)N1. The van der Waals surface area contributed by atoms with Gasteiger partial charge in [0.1, 0.15) is 12.1 Å². The van der Waals surface area contributed by atoms with Gasteiger partial charge in [-0.25, -0.2) is 4.79 Å². The van der Waals surface area contributed by atoms with Crippen LogP contribution in [-0.2, 0) is 25.5 Å². The summed E-state index contributed by atoms with van der Waals surface area (Å²) in [5.74, 6) is -1.00. The van der Waals surface area contributed by atoms with E-state index in [2.05, 4.69) is 33.2 Å². The first-order valence-electron chi connectivity index (χ1n) is 6.92. The second kappa shape index (κ2) is 7.57. The molecule has 1 heterocycles. The predicted molar refractivity (Wildman–Crippen MR) is 88.0 cm³/mol. The fourth-order valence-electron chi connectivity index (χ4n) is 2.30. The Balaban J connectivity index is 2.06. The number of hydrogen-bond donors (Lipinski definition) is 2. The molecule has 2 atom stereocenters. The van der Waals surface area contributed by atoms with E-state index in [1.807, 2.05) is 24.3 Å². The van der Waals surface area contributed by atoms with Gasteiger partial charge in [-0.1, -0.05) is 18.2 Å². The van der Waals surface area contributed by atoms with Crippen LogP contribution in [0.1, 0.15) is 18.4 Å². The minimum Gasteiger partial charge on any atom is -0.467 e. The third kappa shape index (κ3) is 4.19. The number of ether oxygens (including phenoxy) is 1. The maximum Gasteiger partial charge on any atom is 0.328 e. The Hall–Kier alpha value is -1.64. The Kier molecular flexibility index (Phi) is 5.76. The Morgan fingerprint density at radius 2 is 2.18 bits per heavy atom. The number of esters is 1. The van der Waals surface area contributed by atoms with Crippen molar-refractivity contribution in [2.45, 2.75) is 31.3 Å². The monoisotopic (exact) mass is 416 g/mol. The van der Waals surface area contributed by atoms with Gasteiger partial charge in [0.25, 0.3) is 0 Å². The quantitative estimate of drug-likeness (QED) is 0.549. The fourth-order valence-corrected chi connectivity index (χ4v) is 2.91. The lowest BCUT2D eigenvalue weighted by molar-refractivity contribution is -0.145. The van der Waals surface area contributed by atoms with Crippen LogP contribution in [0, 0.1) is 3.57 Å². The Morgan fingerprint density at radius 1 is 1.45 bits per heavy atom. The molecule has 0 saturated carbocycles. The van der Waals surface area contributed by atoms with Crippen LogP contribution in [0.3, 0.4) is 0 Å². The minimum absolute atomic E-state index is 0.146. The van der Waals surface area contributed by atoms with Crippen LogP contribution >= 0.6 is 22.6 Å². The summed E-state index contributed by atoms with van der Waals surface area (Å²) >= 11 is 2.18. The van der Waals surface area contributed by atoms with E-state index in [1.165, 1.54) is 7.11 Å². The molecule has 7 heteroatoms. The van der Waals surface area contributed by atoms with E-state index in [4.69, 9.17) is 4.74 Å². The first kappa shape index (κ1) is 16.7. The van der Waals surface area contributed by atoms with Crippen molar-refractivity contribution < 1.29 is 19.1 Å². The highest BCUT2D eigenvalue weighted by Gasteiger charge is 2.31. The van der Waals surface area contributed by atoms with Gasteiger partial charge in [-0.05, 0) is 40.6 Å². The van der Waals surface area contributed by atoms with E-state index >= 15 is 0 Å². The summed E-state index contributed by atoms with van der Waals surface area (Å²) in [7, 11) is 1.29. The van der Waals surface area contributed by atoms with Crippen molar-refractivity contribution in [1.29, 1.82) is 0 Å². The maximum atomic E-state index is 12.2. The van der Waals surface area contributed by atoms with E-state index in [9.17, 15) is 14.4 Å². The highest BCUT2D eigenvalue weighted by molar-refractivity contribution is 14.1. The van der Waals surface area contributed by atoms with Crippen molar-refractivity contribution in [3.63, 3.8) is 0 Å². The predicted octanol–water partition coefficient (Wildman–Crippen LogP) is 0.770. The van der Waals surface area contributed by atoms with E-state index in [-0.39, 0.29) is 11.8 Å². The zero-order valence-corrected chi connectivity index (χ0v) is 14.3. The molecule has 1 aliphatic rings. The number of benzene rings is 1. The molecule has 6 nitrogen and oxygen atoms in total. The fraction of sp³-hybridized carbons (Fsp3) is 0.400. The topological polar surface area (TPSA) is 84.5 Å². The summed E-state index contributed by atoms with van der Waals surface area (Å²) < 4.78 is 5.78. The molecule has 2 N–H and O–H groups in total. The van der Waals surface area contributed by atoms with Gasteiger partial charge in [-0.2, -0.15) is 0 Å². The molecule has 0 aromatic heterocycles. The van der Waals surface area contributed by atoms with Crippen LogP contribution in [-0.4, -0.2) is 37.0 Å². The second-order valence-corrected chi connectivity index (χ2v) is 6.20. The van der Waals surface area contributed by atoms with Gasteiger partial charge >= 0.3 is 5.97 Å². The van der Waals surface area contributed by atoms with Crippen LogP contribution in [0.2, 0.25) is 0 Å². The smallest absolute Gasteiger partial charge is 0.328 e. The van der Waals surface area contributed by atoms with Gasteiger partial charge in [0, 0.05) is 16.4 Å². The molecular weight excluding hydrogens is 399 g/mol. The van der Waals surface area contributed by atoms with Gasteiger partial charge in [0.2, 0.25) is 11.8 Å². The minimum atomic E-state index is -0.772. The Morgan fingerprint density at radius 3 is 2.77 bits per heavy atom. The molecule has 0 bridgehead atoms. The van der Waals surface area contributed by atoms with E-state index in [1.54, 1.807) is 0 Å². The number of hydrogen-bond acceptors (Lipinski definition) is 4. The lowest BCUT2D eigenvalue weighted by atomic mass is 10.1. The lowest BCUT2D eigenvalue weighted by Gasteiger charge is -2.19. The number of nitrogens with one attached hydrogen (secondary N) is 2. The number of rotatable bonds is 5. The largest absolute Gasteiger partial charge is 0.467 e. The molecule has 1 fully saturated rings. The second-order valence-electron chi connectivity index (χ2n) is 5.04. The third-order valence-corrected chi connectivity index (χ3v) is 4.55. The molecule has 2 rings (SSSR count). The molecule has 1 aromatic rings. The Labute approximate surface area is 142 Å². The van der Waals surface area contributed by atoms with Crippen LogP contribution in [0.4, 0.5) is 0 Å². The van der Waals surface area contributed by atoms with Crippen molar-refractivity contribution in [3.05, 3.63) is 33.4 Å². The summed E-state index contributed by atoms with van der Waals surface area (Å²) in [5.41, 5.74) is 0.953. The van der Waals surface area contributed by atoms with Crippen molar-refractivity contribution in [2.24, 2.45) is 0 Å². The number of methoxy groups -OCH3 is 1. The Bertz CT molecular complexity index is 591. The first-order chi connectivity index (χ1) is 10.5. The van der Waals surface area contributed by atoms with Crippen molar-refractivity contribution in [2.75, 3.05) is 7.11 Å². The zero-order chi connectivity index (χ0) is 16.1. The molecule has 0 radical (unpaired) electrons. The molecule has 2 amide bonds. The summed E-state index contributed by atoms with van der Waals surface area (Å²) in [6, 6.07) is 6.28. The first-order valence-corrected chi connectivity index (χ1v) is 8.00. The maximum absolute atomic E-state index is 12.2. The number of carbonyl (C=O) groups excluding carboxylic acids is 3. The lowest BCUT2D eigenvalue weighted by Crippen LogP contribution is -2.50. The van der Waals surface area contributed by atoms with E-state index < -0.39 is 18.1 Å². The summed E-state index contributed by atoms with van der Waals surface area (Å²) in [6.45, 7) is 0. The summed E-state index contributed by atoms with van der Waals surface area (Å²) in [5, 5.41) is 5.26. The van der Waals surface area contributed by atoms with Gasteiger partial charge in [0.05, 0.1) is 7.11 Å². The van der Waals surface area contributed by atoms with Crippen molar-refractivity contribution in [3.8, 4) is 0 Å². The molecule has 0 spiro atoms. The van der Waals surface area contributed by atoms with Gasteiger partial charge in [0.15, 0.2) is 0 Å². The molecule has 118 valence electrons. The molecule has 0 unspecified atom stereocenters. The van der Waals surface area contributed by atoms with Crippen LogP contribution in [0.5, 0.6) is 0 Å². The average molecular weight is 416 g/mol. The molecule has 1 aliphatic heterocycles. The van der Waals surface area contributed by atoms with Gasteiger partial charge in [-0.15, -0.1) is 0 Å². The van der Waals surface area contributed by atoms with Crippen LogP contribution in [0.15, 0.2) is 24.3 Å². The normalized spacial score (nSPS) is 18.5. The molecular formula is C15H17IN2O4. The van der Waals surface area contributed by atoms with Gasteiger partial charge < -0.3 is 15.4 Å². The number of halogens is 1. The van der Waals surface area contributed by atoms with Crippen LogP contribution in [0.25, 0.3) is 0 Å².